The van der Waals surface area contributed by atoms with Crippen LogP contribution in [0, 0.1) is 5.92 Å². The molecule has 0 radical (unpaired) electrons. The van der Waals surface area contributed by atoms with Gasteiger partial charge >= 0.3 is 5.97 Å². The molecule has 0 rings (SSSR count). The molecule has 0 heterocycles. The van der Waals surface area contributed by atoms with Crippen LogP contribution in [0.5, 0.6) is 0 Å². The second-order valence-electron chi connectivity index (χ2n) is 8.16. The number of aliphatic hydroxyl groups is 1. The Bertz CT molecular complexity index is 294. The molecule has 0 amide bonds. The highest BCUT2D eigenvalue weighted by Gasteiger charge is 2.19. The first-order valence-corrected chi connectivity index (χ1v) is 10.2. The monoisotopic (exact) mass is 342 g/mol. The summed E-state index contributed by atoms with van der Waals surface area (Å²) in [7, 11) is 0. The Hall–Kier alpha value is -0.570. The molecular weight excluding hydrogens is 300 g/mol. The lowest BCUT2D eigenvalue weighted by molar-refractivity contribution is -0.156. The molecule has 0 saturated heterocycles. The van der Waals surface area contributed by atoms with Gasteiger partial charge in [0.1, 0.15) is 5.60 Å². The van der Waals surface area contributed by atoms with E-state index >= 15 is 0 Å². The zero-order chi connectivity index (χ0) is 18.3. The predicted molar refractivity (Wildman–Crippen MR) is 102 cm³/mol. The van der Waals surface area contributed by atoms with Crippen LogP contribution in [0.2, 0.25) is 0 Å². The molecule has 1 N–H and O–H groups in total. The zero-order valence-corrected chi connectivity index (χ0v) is 16.7. The smallest absolute Gasteiger partial charge is 0.306 e. The predicted octanol–water partition coefficient (Wildman–Crippen LogP) is 6.03. The SMILES string of the molecule is CCCCCCCCCCCCCC(CO)CC(=O)OC(C)(C)C. The van der Waals surface area contributed by atoms with Crippen LogP contribution in [0.1, 0.15) is 111 Å². The topological polar surface area (TPSA) is 46.5 Å². The van der Waals surface area contributed by atoms with Gasteiger partial charge in [-0.15, -0.1) is 0 Å². The molecule has 3 heteroatoms. The van der Waals surface area contributed by atoms with E-state index in [0.29, 0.717) is 6.42 Å². The van der Waals surface area contributed by atoms with Gasteiger partial charge in [0.05, 0.1) is 6.42 Å². The molecule has 1 unspecified atom stereocenters. The van der Waals surface area contributed by atoms with Crippen molar-refractivity contribution in [1.82, 2.24) is 0 Å². The van der Waals surface area contributed by atoms with E-state index < -0.39 is 5.60 Å². The molecule has 0 saturated carbocycles. The van der Waals surface area contributed by atoms with Crippen molar-refractivity contribution < 1.29 is 14.6 Å². The minimum Gasteiger partial charge on any atom is -0.460 e. The Morgan fingerprint density at radius 3 is 1.75 bits per heavy atom. The van der Waals surface area contributed by atoms with E-state index in [0.717, 1.165) is 12.8 Å². The van der Waals surface area contributed by atoms with Crippen molar-refractivity contribution in [3.05, 3.63) is 0 Å². The fourth-order valence-electron chi connectivity index (χ4n) is 2.97. The van der Waals surface area contributed by atoms with Gasteiger partial charge in [-0.1, -0.05) is 77.6 Å². The molecule has 0 aliphatic heterocycles. The molecule has 0 aromatic rings. The average Bonchev–Trinajstić information content (AvgIpc) is 2.49. The van der Waals surface area contributed by atoms with E-state index in [9.17, 15) is 9.90 Å². The highest BCUT2D eigenvalue weighted by molar-refractivity contribution is 5.70. The van der Waals surface area contributed by atoms with E-state index in [1.807, 2.05) is 20.8 Å². The van der Waals surface area contributed by atoms with Gasteiger partial charge in [0.25, 0.3) is 0 Å². The molecule has 24 heavy (non-hydrogen) atoms. The Labute approximate surface area is 150 Å². The Morgan fingerprint density at radius 2 is 1.33 bits per heavy atom. The molecule has 0 aromatic heterocycles. The molecule has 0 aliphatic carbocycles. The van der Waals surface area contributed by atoms with Crippen LogP contribution < -0.4 is 0 Å². The molecule has 0 aliphatic rings. The molecule has 0 bridgehead atoms. The van der Waals surface area contributed by atoms with Crippen molar-refractivity contribution in [1.29, 1.82) is 0 Å². The number of aliphatic hydroxyl groups excluding tert-OH is 1. The number of hydrogen-bond acceptors (Lipinski definition) is 3. The van der Waals surface area contributed by atoms with Gasteiger partial charge in [-0.05, 0) is 33.1 Å². The summed E-state index contributed by atoms with van der Waals surface area (Å²) in [5.41, 5.74) is -0.437. The van der Waals surface area contributed by atoms with Crippen molar-refractivity contribution in [3.8, 4) is 0 Å². The minimum atomic E-state index is -0.437. The maximum absolute atomic E-state index is 11.8. The van der Waals surface area contributed by atoms with Gasteiger partial charge in [0.15, 0.2) is 0 Å². The number of rotatable bonds is 15. The Balaban J connectivity index is 3.52. The van der Waals surface area contributed by atoms with Crippen LogP contribution >= 0.6 is 0 Å². The van der Waals surface area contributed by atoms with Gasteiger partial charge in [0, 0.05) is 6.61 Å². The van der Waals surface area contributed by atoms with Crippen LogP contribution in [0.15, 0.2) is 0 Å². The average molecular weight is 343 g/mol. The zero-order valence-electron chi connectivity index (χ0n) is 16.7. The summed E-state index contributed by atoms with van der Waals surface area (Å²) in [6, 6.07) is 0. The summed E-state index contributed by atoms with van der Waals surface area (Å²) >= 11 is 0. The van der Waals surface area contributed by atoms with Crippen molar-refractivity contribution in [2.24, 2.45) is 5.92 Å². The number of carbonyl (C=O) groups is 1. The summed E-state index contributed by atoms with van der Waals surface area (Å²) in [5.74, 6) is -0.136. The van der Waals surface area contributed by atoms with Crippen molar-refractivity contribution in [3.63, 3.8) is 0 Å². The Morgan fingerprint density at radius 1 is 0.875 bits per heavy atom. The van der Waals surface area contributed by atoms with Crippen molar-refractivity contribution >= 4 is 5.97 Å². The standard InChI is InChI=1S/C21H42O3/c1-5-6-7-8-9-10-11-12-13-14-15-16-19(18-22)17-20(23)24-21(2,3)4/h19,22H,5-18H2,1-4H3. The summed E-state index contributed by atoms with van der Waals surface area (Å²) in [5, 5.41) is 9.43. The molecule has 0 aromatic carbocycles. The lowest BCUT2D eigenvalue weighted by atomic mass is 9.97. The third-order valence-electron chi connectivity index (χ3n) is 4.35. The van der Waals surface area contributed by atoms with E-state index in [1.165, 1.54) is 64.2 Å². The second-order valence-corrected chi connectivity index (χ2v) is 8.16. The molecule has 0 spiro atoms. The second kappa shape index (κ2) is 14.7. The maximum Gasteiger partial charge on any atom is 0.306 e. The van der Waals surface area contributed by atoms with Crippen molar-refractivity contribution in [2.75, 3.05) is 6.61 Å². The van der Waals surface area contributed by atoms with E-state index in [4.69, 9.17) is 4.74 Å². The van der Waals surface area contributed by atoms with Crippen molar-refractivity contribution in [2.45, 2.75) is 117 Å². The molecular formula is C21H42O3. The van der Waals surface area contributed by atoms with Crippen LogP contribution in [0.3, 0.4) is 0 Å². The maximum atomic E-state index is 11.8. The minimum absolute atomic E-state index is 0.0541. The van der Waals surface area contributed by atoms with Gasteiger partial charge in [-0.3, -0.25) is 4.79 Å². The quantitative estimate of drug-likeness (QED) is 0.292. The number of ether oxygens (including phenoxy) is 1. The highest BCUT2D eigenvalue weighted by Crippen LogP contribution is 2.18. The van der Waals surface area contributed by atoms with Gasteiger partial charge < -0.3 is 9.84 Å². The summed E-state index contributed by atoms with van der Waals surface area (Å²) in [6.45, 7) is 7.97. The van der Waals surface area contributed by atoms with E-state index in [2.05, 4.69) is 6.92 Å². The van der Waals surface area contributed by atoms with E-state index in [1.54, 1.807) is 0 Å². The largest absolute Gasteiger partial charge is 0.460 e. The fraction of sp³-hybridized carbons (Fsp3) is 0.952. The van der Waals surface area contributed by atoms with Gasteiger partial charge in [-0.2, -0.15) is 0 Å². The van der Waals surface area contributed by atoms with Crippen LogP contribution in [-0.2, 0) is 9.53 Å². The number of esters is 1. The van der Waals surface area contributed by atoms with Crippen LogP contribution in [0.4, 0.5) is 0 Å². The molecule has 3 nitrogen and oxygen atoms in total. The molecule has 1 atom stereocenters. The van der Waals surface area contributed by atoms with E-state index in [-0.39, 0.29) is 18.5 Å². The summed E-state index contributed by atoms with van der Waals surface area (Å²) in [6.07, 6.45) is 15.8. The lowest BCUT2D eigenvalue weighted by Crippen LogP contribution is -2.26. The third kappa shape index (κ3) is 16.3. The first-order chi connectivity index (χ1) is 11.4. The highest BCUT2D eigenvalue weighted by atomic mass is 16.6. The van der Waals surface area contributed by atoms with Crippen LogP contribution in [-0.4, -0.2) is 23.3 Å². The third-order valence-corrected chi connectivity index (χ3v) is 4.35. The Kier molecular flexibility index (Phi) is 14.4. The normalized spacial score (nSPS) is 13.0. The molecule has 0 fully saturated rings. The summed E-state index contributed by atoms with van der Waals surface area (Å²) < 4.78 is 5.33. The number of carbonyl (C=O) groups excluding carboxylic acids is 1. The molecule has 144 valence electrons. The summed E-state index contributed by atoms with van der Waals surface area (Å²) in [4.78, 5) is 11.8. The van der Waals surface area contributed by atoms with Gasteiger partial charge in [-0.25, -0.2) is 0 Å². The fourth-order valence-corrected chi connectivity index (χ4v) is 2.97. The lowest BCUT2D eigenvalue weighted by Gasteiger charge is -2.21. The first kappa shape index (κ1) is 23.4. The number of hydrogen-bond donors (Lipinski definition) is 1. The van der Waals surface area contributed by atoms with Gasteiger partial charge in [0.2, 0.25) is 0 Å². The number of unbranched alkanes of at least 4 members (excludes halogenated alkanes) is 10. The van der Waals surface area contributed by atoms with Crippen LogP contribution in [0.25, 0.3) is 0 Å². The first-order valence-electron chi connectivity index (χ1n) is 10.2.